The minimum Gasteiger partial charge on any atom is -0.325 e. The van der Waals surface area contributed by atoms with E-state index in [9.17, 15) is 13.2 Å². The highest BCUT2D eigenvalue weighted by Crippen LogP contribution is 2.18. The zero-order valence-corrected chi connectivity index (χ0v) is 12.2. The summed E-state index contributed by atoms with van der Waals surface area (Å²) >= 11 is 0. The van der Waals surface area contributed by atoms with Gasteiger partial charge in [0.1, 0.15) is 6.42 Å². The summed E-state index contributed by atoms with van der Waals surface area (Å²) in [5.74, 6) is -0.421. The summed E-state index contributed by atoms with van der Waals surface area (Å²) in [7, 11) is -3.49. The van der Waals surface area contributed by atoms with Crippen molar-refractivity contribution in [3.8, 4) is 6.07 Å². The third kappa shape index (κ3) is 3.78. The molecule has 1 aromatic rings. The van der Waals surface area contributed by atoms with E-state index >= 15 is 0 Å². The summed E-state index contributed by atoms with van der Waals surface area (Å²) in [4.78, 5) is 11.5. The monoisotopic (exact) mass is 308 g/mol. The Morgan fingerprint density at radius 2 is 1.90 bits per heavy atom. The third-order valence-corrected chi connectivity index (χ3v) is 5.00. The summed E-state index contributed by atoms with van der Waals surface area (Å²) in [6.07, 6.45) is -0.235. The Kier molecular flexibility index (Phi) is 4.90. The highest BCUT2D eigenvalue weighted by Gasteiger charge is 2.25. The smallest absolute Gasteiger partial charge is 0.243 e. The highest BCUT2D eigenvalue weighted by atomic mass is 32.2. The summed E-state index contributed by atoms with van der Waals surface area (Å²) in [5.41, 5.74) is 0.467. The lowest BCUT2D eigenvalue weighted by Crippen LogP contribution is -2.46. The van der Waals surface area contributed by atoms with E-state index in [0.717, 1.165) is 0 Å². The van der Waals surface area contributed by atoms with E-state index in [-0.39, 0.29) is 11.3 Å². The molecule has 0 aromatic heterocycles. The minimum absolute atomic E-state index is 0.197. The maximum absolute atomic E-state index is 12.4. The van der Waals surface area contributed by atoms with E-state index in [2.05, 4.69) is 10.6 Å². The molecule has 1 saturated heterocycles. The van der Waals surface area contributed by atoms with Crippen molar-refractivity contribution >= 4 is 21.6 Å². The molecule has 0 aliphatic carbocycles. The number of anilines is 1. The molecule has 1 aliphatic heterocycles. The molecule has 0 atom stereocenters. The molecule has 0 bridgehead atoms. The number of carbonyl (C=O) groups is 1. The van der Waals surface area contributed by atoms with Crippen molar-refractivity contribution in [3.63, 3.8) is 0 Å². The van der Waals surface area contributed by atoms with Crippen LogP contribution >= 0.6 is 0 Å². The van der Waals surface area contributed by atoms with E-state index in [1.807, 2.05) is 0 Å². The number of sulfonamides is 1. The second kappa shape index (κ2) is 6.67. The number of rotatable bonds is 4. The topological polar surface area (TPSA) is 102 Å². The van der Waals surface area contributed by atoms with Crippen molar-refractivity contribution in [3.05, 3.63) is 24.3 Å². The Morgan fingerprint density at radius 3 is 2.48 bits per heavy atom. The Balaban J connectivity index is 2.11. The fraction of sp³-hybridized carbons (Fsp3) is 0.385. The van der Waals surface area contributed by atoms with Gasteiger partial charge in [0.05, 0.1) is 11.0 Å². The van der Waals surface area contributed by atoms with Crippen LogP contribution in [0.15, 0.2) is 29.2 Å². The Bertz CT molecular complexity index is 643. The maximum atomic E-state index is 12.4. The first-order valence-electron chi connectivity index (χ1n) is 6.52. The van der Waals surface area contributed by atoms with Crippen LogP contribution in [0.5, 0.6) is 0 Å². The van der Waals surface area contributed by atoms with E-state index in [1.54, 1.807) is 6.07 Å². The fourth-order valence-electron chi connectivity index (χ4n) is 2.02. The van der Waals surface area contributed by atoms with Crippen molar-refractivity contribution in [1.29, 1.82) is 5.26 Å². The van der Waals surface area contributed by atoms with Crippen LogP contribution in [0.3, 0.4) is 0 Å². The Morgan fingerprint density at radius 1 is 1.29 bits per heavy atom. The van der Waals surface area contributed by atoms with Crippen LogP contribution in [0.25, 0.3) is 0 Å². The number of carbonyl (C=O) groups excluding carboxylic acids is 1. The van der Waals surface area contributed by atoms with Crippen LogP contribution in [-0.4, -0.2) is 44.8 Å². The van der Waals surface area contributed by atoms with Crippen molar-refractivity contribution in [1.82, 2.24) is 9.62 Å². The molecule has 1 amide bonds. The van der Waals surface area contributed by atoms with Gasteiger partial charge in [0.15, 0.2) is 0 Å². The van der Waals surface area contributed by atoms with Crippen LogP contribution in [-0.2, 0) is 14.8 Å². The van der Waals surface area contributed by atoms with Crippen LogP contribution in [0.4, 0.5) is 5.69 Å². The average molecular weight is 308 g/mol. The molecule has 2 rings (SSSR count). The zero-order chi connectivity index (χ0) is 15.3. The van der Waals surface area contributed by atoms with Gasteiger partial charge in [-0.25, -0.2) is 8.42 Å². The molecular weight excluding hydrogens is 292 g/mol. The Hall–Kier alpha value is -1.95. The molecule has 1 aliphatic rings. The van der Waals surface area contributed by atoms with E-state index < -0.39 is 15.9 Å². The van der Waals surface area contributed by atoms with Gasteiger partial charge in [0, 0.05) is 31.9 Å². The first-order chi connectivity index (χ1) is 10.0. The number of nitrogens with one attached hydrogen (secondary N) is 2. The largest absolute Gasteiger partial charge is 0.325 e. The summed E-state index contributed by atoms with van der Waals surface area (Å²) in [6.45, 7) is 2.18. The van der Waals surface area contributed by atoms with E-state index in [0.29, 0.717) is 31.9 Å². The number of piperazine rings is 1. The van der Waals surface area contributed by atoms with Crippen molar-refractivity contribution in [2.75, 3.05) is 31.5 Å². The van der Waals surface area contributed by atoms with Gasteiger partial charge in [-0.2, -0.15) is 9.57 Å². The molecule has 0 saturated carbocycles. The van der Waals surface area contributed by atoms with Crippen LogP contribution in [0.1, 0.15) is 6.42 Å². The molecule has 1 fully saturated rings. The molecule has 21 heavy (non-hydrogen) atoms. The Labute approximate surface area is 123 Å². The molecule has 0 radical (unpaired) electrons. The molecule has 0 unspecified atom stereocenters. The first-order valence-corrected chi connectivity index (χ1v) is 7.96. The molecule has 1 heterocycles. The second-order valence-electron chi connectivity index (χ2n) is 4.56. The van der Waals surface area contributed by atoms with Crippen LogP contribution < -0.4 is 10.6 Å². The molecule has 112 valence electrons. The van der Waals surface area contributed by atoms with Crippen LogP contribution in [0.2, 0.25) is 0 Å². The van der Waals surface area contributed by atoms with Crippen LogP contribution in [0, 0.1) is 11.3 Å². The normalized spacial score (nSPS) is 16.1. The first kappa shape index (κ1) is 15.4. The summed E-state index contributed by atoms with van der Waals surface area (Å²) in [6, 6.07) is 7.70. The quantitative estimate of drug-likeness (QED) is 0.823. The number of hydrogen-bond acceptors (Lipinski definition) is 5. The predicted molar refractivity (Wildman–Crippen MR) is 76.9 cm³/mol. The predicted octanol–water partition coefficient (Wildman–Crippen LogP) is 0.133. The number of benzene rings is 1. The van der Waals surface area contributed by atoms with Crippen molar-refractivity contribution in [2.45, 2.75) is 11.3 Å². The second-order valence-corrected chi connectivity index (χ2v) is 6.50. The standard InChI is InChI=1S/C13H16N4O3S/c14-6-5-13(18)16-11-1-3-12(4-2-11)21(19,20)17-9-7-15-8-10-17/h1-4,15H,5,7-10H2,(H,16,18). The number of hydrogen-bond donors (Lipinski definition) is 2. The molecule has 1 aromatic carbocycles. The van der Waals surface area contributed by atoms with Gasteiger partial charge in [-0.3, -0.25) is 4.79 Å². The van der Waals surface area contributed by atoms with Crippen molar-refractivity contribution < 1.29 is 13.2 Å². The SMILES string of the molecule is N#CCC(=O)Nc1ccc(S(=O)(=O)N2CCNCC2)cc1. The molecule has 7 nitrogen and oxygen atoms in total. The van der Waals surface area contributed by atoms with Gasteiger partial charge in [-0.1, -0.05) is 0 Å². The third-order valence-electron chi connectivity index (χ3n) is 3.09. The van der Waals surface area contributed by atoms with E-state index in [4.69, 9.17) is 5.26 Å². The molecular formula is C13H16N4O3S. The van der Waals surface area contributed by atoms with Gasteiger partial charge in [-0.05, 0) is 24.3 Å². The lowest BCUT2D eigenvalue weighted by molar-refractivity contribution is -0.115. The van der Waals surface area contributed by atoms with Gasteiger partial charge in [-0.15, -0.1) is 0 Å². The number of nitriles is 1. The highest BCUT2D eigenvalue weighted by molar-refractivity contribution is 7.89. The summed E-state index contributed by atoms with van der Waals surface area (Å²) < 4.78 is 26.2. The van der Waals surface area contributed by atoms with E-state index in [1.165, 1.54) is 28.6 Å². The number of nitrogens with zero attached hydrogens (tertiary/aromatic N) is 2. The molecule has 0 spiro atoms. The van der Waals surface area contributed by atoms with Gasteiger partial charge < -0.3 is 10.6 Å². The van der Waals surface area contributed by atoms with Gasteiger partial charge in [0.25, 0.3) is 0 Å². The zero-order valence-electron chi connectivity index (χ0n) is 11.4. The maximum Gasteiger partial charge on any atom is 0.243 e. The lowest BCUT2D eigenvalue weighted by Gasteiger charge is -2.26. The number of amides is 1. The molecule has 8 heteroatoms. The van der Waals surface area contributed by atoms with Gasteiger partial charge >= 0.3 is 0 Å². The average Bonchev–Trinajstić information content (AvgIpc) is 2.49. The fourth-order valence-corrected chi connectivity index (χ4v) is 3.46. The van der Waals surface area contributed by atoms with Crippen molar-refractivity contribution in [2.24, 2.45) is 0 Å². The summed E-state index contributed by atoms with van der Waals surface area (Å²) in [5, 5.41) is 14.0. The minimum atomic E-state index is -3.49. The molecule has 2 N–H and O–H groups in total. The van der Waals surface area contributed by atoms with Gasteiger partial charge in [0.2, 0.25) is 15.9 Å². The lowest BCUT2D eigenvalue weighted by atomic mass is 10.3.